The molecule has 0 bridgehead atoms. The summed E-state index contributed by atoms with van der Waals surface area (Å²) in [6.07, 6.45) is 3.31. The van der Waals surface area contributed by atoms with Crippen LogP contribution in [0, 0.1) is 5.92 Å². The van der Waals surface area contributed by atoms with Gasteiger partial charge in [-0.25, -0.2) is 0 Å². The smallest absolute Gasteiger partial charge is 0.256 e. The molecule has 1 amide bonds. The van der Waals surface area contributed by atoms with E-state index in [0.29, 0.717) is 0 Å². The second kappa shape index (κ2) is 7.18. The minimum atomic E-state index is 0.0211. The van der Waals surface area contributed by atoms with Crippen molar-refractivity contribution < 1.29 is 9.53 Å². The van der Waals surface area contributed by atoms with E-state index < -0.39 is 0 Å². The van der Waals surface area contributed by atoms with Crippen molar-refractivity contribution in [3.05, 3.63) is 45.6 Å². The molecule has 0 saturated carbocycles. The number of benzene rings is 1. The summed E-state index contributed by atoms with van der Waals surface area (Å²) in [5, 5.41) is 5.19. The van der Waals surface area contributed by atoms with E-state index in [1.54, 1.807) is 11.3 Å². The third-order valence-corrected chi connectivity index (χ3v) is 6.20. The number of rotatable bonds is 3. The van der Waals surface area contributed by atoms with Crippen LogP contribution < -0.4 is 10.2 Å². The van der Waals surface area contributed by atoms with Gasteiger partial charge in [0.15, 0.2) is 0 Å². The molecule has 1 N–H and O–H groups in total. The van der Waals surface area contributed by atoms with Crippen molar-refractivity contribution in [2.24, 2.45) is 5.92 Å². The lowest BCUT2D eigenvalue weighted by molar-refractivity contribution is 0.102. The molecular formula is C20H24N2O2S. The first-order valence-electron chi connectivity index (χ1n) is 9.04. The highest BCUT2D eigenvalue weighted by molar-refractivity contribution is 7.10. The molecule has 1 aliphatic heterocycles. The van der Waals surface area contributed by atoms with Gasteiger partial charge in [0, 0.05) is 23.3 Å². The lowest BCUT2D eigenvalue weighted by Crippen LogP contribution is -2.36. The second-order valence-electron chi connectivity index (χ2n) is 6.97. The number of fused-ring (bicyclic) bond motifs is 1. The van der Waals surface area contributed by atoms with Crippen LogP contribution in [0.2, 0.25) is 0 Å². The number of carbonyl (C=O) groups is 1. The summed E-state index contributed by atoms with van der Waals surface area (Å²) in [6, 6.07) is 8.06. The first-order chi connectivity index (χ1) is 12.2. The average Bonchev–Trinajstić information content (AvgIpc) is 3.06. The summed E-state index contributed by atoms with van der Waals surface area (Å²) in [6.45, 7) is 5.48. The molecule has 0 radical (unpaired) electrons. The second-order valence-corrected chi connectivity index (χ2v) is 7.93. The number of morpholine rings is 1. The van der Waals surface area contributed by atoms with E-state index in [1.807, 2.05) is 23.6 Å². The van der Waals surface area contributed by atoms with Crippen molar-refractivity contribution in [3.63, 3.8) is 0 Å². The van der Waals surface area contributed by atoms with Gasteiger partial charge in [-0.2, -0.15) is 0 Å². The van der Waals surface area contributed by atoms with Gasteiger partial charge in [0.05, 0.1) is 30.2 Å². The standard InChI is InChI=1S/C20H24N2O2S/c1-14-6-7-15-16(13-25-19(15)12-14)20(23)21-17-4-2-3-5-18(17)22-8-10-24-11-9-22/h2-5,13-14H,6-12H2,1H3,(H,21,23)/t14-/m0/s1. The summed E-state index contributed by atoms with van der Waals surface area (Å²) in [4.78, 5) is 16.6. The van der Waals surface area contributed by atoms with Crippen molar-refractivity contribution in [1.29, 1.82) is 0 Å². The zero-order valence-electron chi connectivity index (χ0n) is 14.6. The molecule has 1 atom stereocenters. The molecule has 1 fully saturated rings. The van der Waals surface area contributed by atoms with E-state index in [9.17, 15) is 4.79 Å². The Hall–Kier alpha value is -1.85. The molecule has 2 aliphatic rings. The monoisotopic (exact) mass is 356 g/mol. The molecule has 5 heteroatoms. The third-order valence-electron chi connectivity index (χ3n) is 5.15. The van der Waals surface area contributed by atoms with Gasteiger partial charge in [-0.15, -0.1) is 11.3 Å². The molecule has 1 aromatic heterocycles. The van der Waals surface area contributed by atoms with E-state index in [-0.39, 0.29) is 5.91 Å². The maximum absolute atomic E-state index is 12.9. The topological polar surface area (TPSA) is 41.6 Å². The van der Waals surface area contributed by atoms with E-state index in [4.69, 9.17) is 4.74 Å². The van der Waals surface area contributed by atoms with Gasteiger partial charge in [-0.1, -0.05) is 19.1 Å². The summed E-state index contributed by atoms with van der Waals surface area (Å²) < 4.78 is 5.44. The van der Waals surface area contributed by atoms with Crippen LogP contribution in [0.4, 0.5) is 11.4 Å². The SMILES string of the molecule is C[C@H]1CCc2c(C(=O)Nc3ccccc3N3CCOCC3)csc2C1. The number of para-hydroxylation sites is 2. The van der Waals surface area contributed by atoms with E-state index in [2.05, 4.69) is 23.2 Å². The van der Waals surface area contributed by atoms with Gasteiger partial charge in [-0.05, 0) is 42.9 Å². The maximum Gasteiger partial charge on any atom is 0.256 e. The Bertz CT molecular complexity index is 765. The Morgan fingerprint density at radius 3 is 2.92 bits per heavy atom. The van der Waals surface area contributed by atoms with Crippen LogP contribution in [0.25, 0.3) is 0 Å². The molecule has 1 aliphatic carbocycles. The number of nitrogens with one attached hydrogen (secondary N) is 1. The minimum absolute atomic E-state index is 0.0211. The molecule has 0 spiro atoms. The van der Waals surface area contributed by atoms with Gasteiger partial charge < -0.3 is 15.0 Å². The van der Waals surface area contributed by atoms with Crippen LogP contribution in [0.1, 0.15) is 34.1 Å². The molecule has 4 rings (SSSR count). The number of thiophene rings is 1. The fourth-order valence-electron chi connectivity index (χ4n) is 3.72. The zero-order chi connectivity index (χ0) is 17.2. The van der Waals surface area contributed by atoms with Crippen molar-refractivity contribution in [1.82, 2.24) is 0 Å². The zero-order valence-corrected chi connectivity index (χ0v) is 15.4. The largest absolute Gasteiger partial charge is 0.378 e. The summed E-state index contributed by atoms with van der Waals surface area (Å²) >= 11 is 1.74. The van der Waals surface area contributed by atoms with E-state index >= 15 is 0 Å². The van der Waals surface area contributed by atoms with Gasteiger partial charge in [-0.3, -0.25) is 4.79 Å². The Morgan fingerprint density at radius 1 is 1.28 bits per heavy atom. The molecule has 1 saturated heterocycles. The molecule has 0 unspecified atom stereocenters. The van der Waals surface area contributed by atoms with Crippen molar-refractivity contribution in [3.8, 4) is 0 Å². The predicted octanol–water partition coefficient (Wildman–Crippen LogP) is 3.96. The number of ether oxygens (including phenoxy) is 1. The molecule has 1 aromatic carbocycles. The number of anilines is 2. The summed E-state index contributed by atoms with van der Waals surface area (Å²) in [5.41, 5.74) is 4.10. The molecular weight excluding hydrogens is 332 g/mol. The normalized spacial score (nSPS) is 20.2. The lowest BCUT2D eigenvalue weighted by Gasteiger charge is -2.30. The first kappa shape index (κ1) is 16.6. The Kier molecular flexibility index (Phi) is 4.77. The number of amides is 1. The van der Waals surface area contributed by atoms with Crippen LogP contribution in [0.3, 0.4) is 0 Å². The van der Waals surface area contributed by atoms with E-state index in [1.165, 1.54) is 16.9 Å². The van der Waals surface area contributed by atoms with Crippen LogP contribution >= 0.6 is 11.3 Å². The molecule has 4 nitrogen and oxygen atoms in total. The summed E-state index contributed by atoms with van der Waals surface area (Å²) in [7, 11) is 0. The highest BCUT2D eigenvalue weighted by Gasteiger charge is 2.24. The lowest BCUT2D eigenvalue weighted by atomic mass is 9.88. The predicted molar refractivity (Wildman–Crippen MR) is 103 cm³/mol. The number of nitrogens with zero attached hydrogens (tertiary/aromatic N) is 1. The highest BCUT2D eigenvalue weighted by atomic mass is 32.1. The van der Waals surface area contributed by atoms with Crippen LogP contribution in [-0.2, 0) is 17.6 Å². The minimum Gasteiger partial charge on any atom is -0.378 e. The van der Waals surface area contributed by atoms with Crippen LogP contribution in [-0.4, -0.2) is 32.2 Å². The van der Waals surface area contributed by atoms with E-state index in [0.717, 1.165) is 62.0 Å². The van der Waals surface area contributed by atoms with Gasteiger partial charge in [0.2, 0.25) is 0 Å². The van der Waals surface area contributed by atoms with Crippen molar-refractivity contribution in [2.75, 3.05) is 36.5 Å². The third kappa shape index (κ3) is 3.44. The Balaban J connectivity index is 1.56. The van der Waals surface area contributed by atoms with Gasteiger partial charge in [0.1, 0.15) is 0 Å². The molecule has 2 aromatic rings. The fraction of sp³-hybridized carbons (Fsp3) is 0.450. The first-order valence-corrected chi connectivity index (χ1v) is 9.92. The van der Waals surface area contributed by atoms with Gasteiger partial charge >= 0.3 is 0 Å². The maximum atomic E-state index is 12.9. The summed E-state index contributed by atoms with van der Waals surface area (Å²) in [5.74, 6) is 0.747. The molecule has 132 valence electrons. The number of hydrogen-bond donors (Lipinski definition) is 1. The number of carbonyl (C=O) groups excluding carboxylic acids is 1. The van der Waals surface area contributed by atoms with Crippen LogP contribution in [0.15, 0.2) is 29.6 Å². The Labute approximate surface area is 152 Å². The highest BCUT2D eigenvalue weighted by Crippen LogP contribution is 2.34. The molecule has 2 heterocycles. The van der Waals surface area contributed by atoms with Crippen LogP contribution in [0.5, 0.6) is 0 Å². The number of hydrogen-bond acceptors (Lipinski definition) is 4. The molecule has 25 heavy (non-hydrogen) atoms. The quantitative estimate of drug-likeness (QED) is 0.905. The van der Waals surface area contributed by atoms with Crippen molar-refractivity contribution >= 4 is 28.6 Å². The fourth-order valence-corrected chi connectivity index (χ4v) is 4.96. The Morgan fingerprint density at radius 2 is 2.08 bits per heavy atom. The van der Waals surface area contributed by atoms with Crippen molar-refractivity contribution in [2.45, 2.75) is 26.2 Å². The van der Waals surface area contributed by atoms with Gasteiger partial charge in [0.25, 0.3) is 5.91 Å². The average molecular weight is 356 g/mol.